The zero-order chi connectivity index (χ0) is 9.19. The van der Waals surface area contributed by atoms with E-state index in [-0.39, 0.29) is 5.60 Å². The summed E-state index contributed by atoms with van der Waals surface area (Å²) in [5.41, 5.74) is -0.0562. The van der Waals surface area contributed by atoms with Gasteiger partial charge in [-0.1, -0.05) is 0 Å². The van der Waals surface area contributed by atoms with E-state index in [9.17, 15) is 0 Å². The first-order valence-electron chi connectivity index (χ1n) is 4.49. The first kappa shape index (κ1) is 10.4. The van der Waals surface area contributed by atoms with E-state index in [0.29, 0.717) is 11.4 Å². The van der Waals surface area contributed by atoms with Crippen LogP contribution in [0.5, 0.6) is 0 Å². The highest BCUT2D eigenvalue weighted by Crippen LogP contribution is 2.28. The molecule has 1 N–H and O–H groups in total. The van der Waals surface area contributed by atoms with Crippen molar-refractivity contribution in [2.45, 2.75) is 44.2 Å². The van der Waals surface area contributed by atoms with E-state index in [1.807, 2.05) is 11.8 Å². The Hall–Kier alpha value is 0.270. The average Bonchev–Trinajstić information content (AvgIpc) is 2.05. The molecule has 0 radical (unpaired) electrons. The number of methoxy groups -OCH3 is 1. The Balaban J connectivity index is 2.50. The quantitative estimate of drug-likeness (QED) is 0.716. The molecule has 12 heavy (non-hydrogen) atoms. The van der Waals surface area contributed by atoms with E-state index in [4.69, 9.17) is 4.74 Å². The lowest BCUT2D eigenvalue weighted by molar-refractivity contribution is 0.0105. The zero-order valence-corrected chi connectivity index (χ0v) is 9.20. The van der Waals surface area contributed by atoms with Gasteiger partial charge in [-0.15, -0.1) is 11.8 Å². The fraction of sp³-hybridized carbons (Fsp3) is 1.00. The van der Waals surface area contributed by atoms with Crippen molar-refractivity contribution in [1.29, 1.82) is 0 Å². The van der Waals surface area contributed by atoms with Crippen LogP contribution in [0.4, 0.5) is 0 Å². The number of hydrogen-bond acceptors (Lipinski definition) is 3. The Labute approximate surface area is 79.4 Å². The molecule has 0 amide bonds. The van der Waals surface area contributed by atoms with Crippen LogP contribution in [0.3, 0.4) is 0 Å². The van der Waals surface area contributed by atoms with Gasteiger partial charge in [0.1, 0.15) is 0 Å². The fourth-order valence-corrected chi connectivity index (χ4v) is 2.81. The second-order valence-corrected chi connectivity index (χ2v) is 5.13. The monoisotopic (exact) mass is 189 g/mol. The maximum atomic E-state index is 5.44. The van der Waals surface area contributed by atoms with Crippen molar-refractivity contribution >= 4 is 11.8 Å². The minimum absolute atomic E-state index is 0.0562. The highest BCUT2D eigenvalue weighted by Gasteiger charge is 2.32. The molecular formula is C9H19NOS. The predicted octanol–water partition coefficient (Wildman–Crippen LogP) is 1.85. The molecule has 0 aliphatic carbocycles. The summed E-state index contributed by atoms with van der Waals surface area (Å²) < 4.78 is 5.44. The summed E-state index contributed by atoms with van der Waals surface area (Å²) in [6.07, 6.45) is 1.26. The highest BCUT2D eigenvalue weighted by atomic mass is 32.2. The molecule has 1 fully saturated rings. The summed E-state index contributed by atoms with van der Waals surface area (Å²) in [7, 11) is 1.78. The van der Waals surface area contributed by atoms with Crippen molar-refractivity contribution in [3.8, 4) is 0 Å². The van der Waals surface area contributed by atoms with Crippen LogP contribution < -0.4 is 5.32 Å². The molecule has 1 saturated heterocycles. The van der Waals surface area contributed by atoms with Gasteiger partial charge >= 0.3 is 0 Å². The molecule has 0 aromatic carbocycles. The molecule has 3 heteroatoms. The third kappa shape index (κ3) is 2.38. The molecule has 0 aromatic rings. The van der Waals surface area contributed by atoms with Crippen LogP contribution in [0.25, 0.3) is 0 Å². The lowest BCUT2D eigenvalue weighted by atomic mass is 10.1. The third-order valence-electron chi connectivity index (χ3n) is 2.43. The molecule has 1 aliphatic heterocycles. The first-order chi connectivity index (χ1) is 5.56. The van der Waals surface area contributed by atoms with Crippen LogP contribution in [-0.4, -0.2) is 29.9 Å². The standard InChI is InChI=1S/C9H19NOS/c1-7-5-6-12-8(10-7)9(2,3)11-4/h7-8,10H,5-6H2,1-4H3. The summed E-state index contributed by atoms with van der Waals surface area (Å²) >= 11 is 1.96. The van der Waals surface area contributed by atoms with Crippen molar-refractivity contribution in [3.05, 3.63) is 0 Å². The molecule has 0 aromatic heterocycles. The summed E-state index contributed by atoms with van der Waals surface area (Å²) in [6, 6.07) is 0.630. The van der Waals surface area contributed by atoms with E-state index < -0.39 is 0 Å². The van der Waals surface area contributed by atoms with Crippen LogP contribution in [0.15, 0.2) is 0 Å². The van der Waals surface area contributed by atoms with Crippen LogP contribution in [0.2, 0.25) is 0 Å². The molecule has 0 spiro atoms. The zero-order valence-electron chi connectivity index (χ0n) is 8.39. The summed E-state index contributed by atoms with van der Waals surface area (Å²) in [5.74, 6) is 1.24. The summed E-state index contributed by atoms with van der Waals surface area (Å²) in [5, 5.41) is 3.98. The maximum Gasteiger partial charge on any atom is 0.0868 e. The third-order valence-corrected chi connectivity index (χ3v) is 3.94. The Morgan fingerprint density at radius 3 is 2.67 bits per heavy atom. The van der Waals surface area contributed by atoms with Gasteiger partial charge in [-0.25, -0.2) is 0 Å². The Morgan fingerprint density at radius 1 is 1.50 bits per heavy atom. The predicted molar refractivity (Wildman–Crippen MR) is 54.5 cm³/mol. The first-order valence-corrected chi connectivity index (χ1v) is 5.54. The normalized spacial score (nSPS) is 32.0. The van der Waals surface area contributed by atoms with Crippen LogP contribution in [-0.2, 0) is 4.74 Å². The SMILES string of the molecule is COC(C)(C)C1NC(C)CCS1. The van der Waals surface area contributed by atoms with Crippen LogP contribution in [0, 0.1) is 0 Å². The van der Waals surface area contributed by atoms with Gasteiger partial charge < -0.3 is 10.1 Å². The molecule has 2 atom stereocenters. The minimum Gasteiger partial charge on any atom is -0.376 e. The van der Waals surface area contributed by atoms with Crippen molar-refractivity contribution < 1.29 is 4.74 Å². The maximum absolute atomic E-state index is 5.44. The molecule has 1 rings (SSSR count). The summed E-state index contributed by atoms with van der Waals surface area (Å²) in [6.45, 7) is 6.50. The van der Waals surface area contributed by atoms with Crippen LogP contribution in [0.1, 0.15) is 27.2 Å². The van der Waals surface area contributed by atoms with E-state index in [0.717, 1.165) is 0 Å². The van der Waals surface area contributed by atoms with E-state index in [1.165, 1.54) is 12.2 Å². The molecule has 0 saturated carbocycles. The molecular weight excluding hydrogens is 170 g/mol. The van der Waals surface area contributed by atoms with Gasteiger partial charge in [0.2, 0.25) is 0 Å². The second-order valence-electron chi connectivity index (χ2n) is 3.91. The Kier molecular flexibility index (Phi) is 3.44. The van der Waals surface area contributed by atoms with E-state index >= 15 is 0 Å². The lowest BCUT2D eigenvalue weighted by Crippen LogP contribution is -2.51. The molecule has 72 valence electrons. The van der Waals surface area contributed by atoms with Crippen molar-refractivity contribution in [2.24, 2.45) is 0 Å². The second kappa shape index (κ2) is 3.99. The van der Waals surface area contributed by atoms with Gasteiger partial charge in [-0.3, -0.25) is 0 Å². The fourth-order valence-electron chi connectivity index (χ4n) is 1.26. The Morgan fingerprint density at radius 2 is 2.17 bits per heavy atom. The van der Waals surface area contributed by atoms with Crippen LogP contribution >= 0.6 is 11.8 Å². The lowest BCUT2D eigenvalue weighted by Gasteiger charge is -2.38. The molecule has 2 nitrogen and oxygen atoms in total. The van der Waals surface area contributed by atoms with Crippen molar-refractivity contribution in [1.82, 2.24) is 5.32 Å². The number of rotatable bonds is 2. The molecule has 0 bridgehead atoms. The Bertz CT molecular complexity index is 149. The van der Waals surface area contributed by atoms with Crippen molar-refractivity contribution in [2.75, 3.05) is 12.9 Å². The van der Waals surface area contributed by atoms with E-state index in [2.05, 4.69) is 26.1 Å². The van der Waals surface area contributed by atoms with Gasteiger partial charge in [0.05, 0.1) is 11.0 Å². The van der Waals surface area contributed by atoms with E-state index in [1.54, 1.807) is 7.11 Å². The number of ether oxygens (including phenoxy) is 1. The largest absolute Gasteiger partial charge is 0.376 e. The van der Waals surface area contributed by atoms with Crippen molar-refractivity contribution in [3.63, 3.8) is 0 Å². The molecule has 1 heterocycles. The number of nitrogens with one attached hydrogen (secondary N) is 1. The van der Waals surface area contributed by atoms with Gasteiger partial charge in [0.15, 0.2) is 0 Å². The summed E-state index contributed by atoms with van der Waals surface area (Å²) in [4.78, 5) is 0. The number of hydrogen-bond donors (Lipinski definition) is 1. The smallest absolute Gasteiger partial charge is 0.0868 e. The topological polar surface area (TPSA) is 21.3 Å². The van der Waals surface area contributed by atoms with Gasteiger partial charge in [-0.2, -0.15) is 0 Å². The highest BCUT2D eigenvalue weighted by molar-refractivity contribution is 8.00. The molecule has 2 unspecified atom stereocenters. The number of thioether (sulfide) groups is 1. The minimum atomic E-state index is -0.0562. The van der Waals surface area contributed by atoms with Gasteiger partial charge in [0, 0.05) is 13.2 Å². The average molecular weight is 189 g/mol. The van der Waals surface area contributed by atoms with Gasteiger partial charge in [0.25, 0.3) is 0 Å². The van der Waals surface area contributed by atoms with Gasteiger partial charge in [-0.05, 0) is 32.9 Å². The molecule has 1 aliphatic rings.